The van der Waals surface area contributed by atoms with Crippen molar-refractivity contribution in [1.82, 2.24) is 4.90 Å². The van der Waals surface area contributed by atoms with E-state index in [9.17, 15) is 24.5 Å². The van der Waals surface area contributed by atoms with E-state index in [1.807, 2.05) is 0 Å². The van der Waals surface area contributed by atoms with Crippen LogP contribution < -0.4 is 0 Å². The average molecular weight is 327 g/mol. The number of hydrogen-bond acceptors (Lipinski definition) is 6. The number of benzene rings is 1. The summed E-state index contributed by atoms with van der Waals surface area (Å²) in [5.74, 6) is -1.90. The summed E-state index contributed by atoms with van der Waals surface area (Å²) < 4.78 is 4.78. The molecule has 0 N–H and O–H groups in total. The van der Waals surface area contributed by atoms with Gasteiger partial charge in [0.05, 0.1) is 15.5 Å². The highest BCUT2D eigenvalue weighted by molar-refractivity contribution is 6.33. The third-order valence-corrected chi connectivity index (χ3v) is 3.41. The van der Waals surface area contributed by atoms with Crippen LogP contribution in [0.2, 0.25) is 5.02 Å². The first kappa shape index (κ1) is 15.9. The average Bonchev–Trinajstić information content (AvgIpc) is 2.90. The molecule has 9 heteroatoms. The zero-order valence-corrected chi connectivity index (χ0v) is 12.0. The quantitative estimate of drug-likeness (QED) is 0.472. The number of esters is 1. The lowest BCUT2D eigenvalue weighted by Crippen LogP contribution is -2.35. The Bertz CT molecular complexity index is 660. The minimum Gasteiger partial charge on any atom is -0.452 e. The lowest BCUT2D eigenvalue weighted by molar-refractivity contribution is -0.384. The van der Waals surface area contributed by atoms with Gasteiger partial charge in [0.1, 0.15) is 0 Å². The highest BCUT2D eigenvalue weighted by Crippen LogP contribution is 2.22. The van der Waals surface area contributed by atoms with Crippen LogP contribution in [0.5, 0.6) is 0 Å². The molecule has 116 valence electrons. The molecule has 22 heavy (non-hydrogen) atoms. The molecular formula is C13H11ClN2O6. The van der Waals surface area contributed by atoms with Gasteiger partial charge >= 0.3 is 5.97 Å². The van der Waals surface area contributed by atoms with Crippen molar-refractivity contribution in [2.24, 2.45) is 0 Å². The Morgan fingerprint density at radius 1 is 1.41 bits per heavy atom. The van der Waals surface area contributed by atoms with Crippen molar-refractivity contribution in [1.29, 1.82) is 0 Å². The molecule has 1 heterocycles. The van der Waals surface area contributed by atoms with E-state index >= 15 is 0 Å². The summed E-state index contributed by atoms with van der Waals surface area (Å²) in [6.45, 7) is -0.323. The van der Waals surface area contributed by atoms with Crippen LogP contribution in [0.25, 0.3) is 0 Å². The summed E-state index contributed by atoms with van der Waals surface area (Å²) in [6.07, 6.45) is 0.867. The van der Waals surface area contributed by atoms with Crippen LogP contribution in [0.4, 0.5) is 5.69 Å². The summed E-state index contributed by atoms with van der Waals surface area (Å²) in [5.41, 5.74) is -0.534. The van der Waals surface area contributed by atoms with Gasteiger partial charge in [-0.2, -0.15) is 0 Å². The Morgan fingerprint density at radius 3 is 2.73 bits per heavy atom. The number of carbonyl (C=O) groups is 3. The number of amides is 2. The molecule has 8 nitrogen and oxygen atoms in total. The van der Waals surface area contributed by atoms with Crippen LogP contribution in [0, 0.1) is 10.1 Å². The number of nitro groups is 1. The predicted octanol–water partition coefficient (Wildman–Crippen LogP) is 1.55. The largest absolute Gasteiger partial charge is 0.452 e. The zero-order chi connectivity index (χ0) is 16.3. The van der Waals surface area contributed by atoms with Gasteiger partial charge in [0.2, 0.25) is 5.91 Å². The number of carbonyl (C=O) groups excluding carboxylic acids is 3. The molecule has 1 aromatic rings. The molecule has 0 radical (unpaired) electrons. The van der Waals surface area contributed by atoms with Crippen molar-refractivity contribution in [2.75, 3.05) is 13.2 Å². The molecule has 0 saturated carbocycles. The number of rotatable bonds is 4. The van der Waals surface area contributed by atoms with Crippen LogP contribution in [0.3, 0.4) is 0 Å². The first-order valence-electron chi connectivity index (χ1n) is 6.34. The number of imide groups is 1. The Hall–Kier alpha value is -2.48. The van der Waals surface area contributed by atoms with Crippen LogP contribution >= 0.6 is 11.6 Å². The molecule has 2 amide bonds. The van der Waals surface area contributed by atoms with E-state index in [2.05, 4.69) is 0 Å². The number of likely N-dealkylation sites (tertiary alicyclic amines) is 1. The zero-order valence-electron chi connectivity index (χ0n) is 11.3. The van der Waals surface area contributed by atoms with Gasteiger partial charge in [-0.25, -0.2) is 4.79 Å². The summed E-state index contributed by atoms with van der Waals surface area (Å²) in [6, 6.07) is 3.31. The highest BCUT2D eigenvalue weighted by atomic mass is 35.5. The fourth-order valence-electron chi connectivity index (χ4n) is 1.98. The lowest BCUT2D eigenvalue weighted by Gasteiger charge is -2.13. The first-order chi connectivity index (χ1) is 10.4. The van der Waals surface area contributed by atoms with Gasteiger partial charge in [0, 0.05) is 25.1 Å². The van der Waals surface area contributed by atoms with Gasteiger partial charge in [-0.05, 0) is 12.5 Å². The maximum atomic E-state index is 11.9. The number of halogens is 1. The summed E-state index contributed by atoms with van der Waals surface area (Å²) in [5, 5.41) is 10.6. The Kier molecular flexibility index (Phi) is 4.71. The van der Waals surface area contributed by atoms with Gasteiger partial charge in [0.15, 0.2) is 6.61 Å². The van der Waals surface area contributed by atoms with Crippen molar-refractivity contribution < 1.29 is 24.0 Å². The molecule has 1 fully saturated rings. The Labute approximate surface area is 129 Å². The molecular weight excluding hydrogens is 316 g/mol. The predicted molar refractivity (Wildman–Crippen MR) is 74.3 cm³/mol. The van der Waals surface area contributed by atoms with E-state index < -0.39 is 23.4 Å². The van der Waals surface area contributed by atoms with E-state index in [1.54, 1.807) is 0 Å². The third-order valence-electron chi connectivity index (χ3n) is 3.08. The van der Waals surface area contributed by atoms with Crippen molar-refractivity contribution in [3.05, 3.63) is 38.9 Å². The molecule has 0 aliphatic carbocycles. The van der Waals surface area contributed by atoms with E-state index in [4.69, 9.17) is 16.3 Å². The van der Waals surface area contributed by atoms with E-state index in [-0.39, 0.29) is 28.6 Å². The van der Waals surface area contributed by atoms with Crippen molar-refractivity contribution in [3.63, 3.8) is 0 Å². The number of hydrogen-bond donors (Lipinski definition) is 0. The minimum absolute atomic E-state index is 0.0275. The second-order valence-electron chi connectivity index (χ2n) is 4.54. The number of ether oxygens (including phenoxy) is 1. The molecule has 0 bridgehead atoms. The van der Waals surface area contributed by atoms with Gasteiger partial charge in [-0.1, -0.05) is 11.6 Å². The molecule has 1 aromatic carbocycles. The summed E-state index contributed by atoms with van der Waals surface area (Å²) in [7, 11) is 0. The second-order valence-corrected chi connectivity index (χ2v) is 4.95. The third kappa shape index (κ3) is 3.40. The Balaban J connectivity index is 2.03. The maximum absolute atomic E-state index is 11.9. The lowest BCUT2D eigenvalue weighted by atomic mass is 10.2. The fourth-order valence-corrected chi connectivity index (χ4v) is 2.17. The second kappa shape index (κ2) is 6.52. The van der Waals surface area contributed by atoms with E-state index in [0.717, 1.165) is 17.0 Å². The van der Waals surface area contributed by atoms with Crippen molar-refractivity contribution >= 4 is 35.1 Å². The maximum Gasteiger partial charge on any atom is 0.340 e. The molecule has 0 spiro atoms. The molecule has 0 unspecified atom stereocenters. The highest BCUT2D eigenvalue weighted by Gasteiger charge is 2.27. The van der Waals surface area contributed by atoms with Crippen LogP contribution in [-0.2, 0) is 14.3 Å². The summed E-state index contributed by atoms with van der Waals surface area (Å²) >= 11 is 5.79. The van der Waals surface area contributed by atoms with Crippen LogP contribution in [-0.4, -0.2) is 40.8 Å². The number of nitrogens with zero attached hydrogens (tertiary/aromatic N) is 2. The monoisotopic (exact) mass is 326 g/mol. The first-order valence-corrected chi connectivity index (χ1v) is 6.72. The van der Waals surface area contributed by atoms with Crippen LogP contribution in [0.1, 0.15) is 23.2 Å². The number of non-ortho nitro benzene ring substituents is 1. The van der Waals surface area contributed by atoms with E-state index in [0.29, 0.717) is 13.0 Å². The molecule has 1 aliphatic heterocycles. The molecule has 1 saturated heterocycles. The Morgan fingerprint density at radius 2 is 2.14 bits per heavy atom. The standard InChI is InChI=1S/C13H11ClN2O6/c14-10-4-3-8(16(20)21)6-9(10)13(19)22-7-12(18)15-5-1-2-11(15)17/h3-4,6H,1-2,5,7H2. The van der Waals surface area contributed by atoms with Crippen molar-refractivity contribution in [3.8, 4) is 0 Å². The number of nitro benzene ring substituents is 1. The minimum atomic E-state index is -0.964. The van der Waals surface area contributed by atoms with Crippen molar-refractivity contribution in [2.45, 2.75) is 12.8 Å². The van der Waals surface area contributed by atoms with Gasteiger partial charge in [-0.3, -0.25) is 24.6 Å². The van der Waals surface area contributed by atoms with Gasteiger partial charge in [0.25, 0.3) is 11.6 Å². The molecule has 0 aromatic heterocycles. The molecule has 0 atom stereocenters. The van der Waals surface area contributed by atoms with E-state index in [1.165, 1.54) is 6.07 Å². The smallest absolute Gasteiger partial charge is 0.340 e. The van der Waals surface area contributed by atoms with Crippen LogP contribution in [0.15, 0.2) is 18.2 Å². The SMILES string of the molecule is O=C(OCC(=O)N1CCCC1=O)c1cc([N+](=O)[O-])ccc1Cl. The fraction of sp³-hybridized carbons (Fsp3) is 0.308. The normalized spacial score (nSPS) is 14.0. The topological polar surface area (TPSA) is 107 Å². The molecule has 1 aliphatic rings. The molecule has 2 rings (SSSR count). The summed E-state index contributed by atoms with van der Waals surface area (Å²) in [4.78, 5) is 46.0. The van der Waals surface area contributed by atoms with Gasteiger partial charge < -0.3 is 4.74 Å². The van der Waals surface area contributed by atoms with Gasteiger partial charge in [-0.15, -0.1) is 0 Å².